The molecule has 6 nitrogen and oxygen atoms in total. The summed E-state index contributed by atoms with van der Waals surface area (Å²) in [5.74, 6) is -0.870. The molecule has 0 aliphatic heterocycles. The molecule has 1 heterocycles. The molecule has 0 saturated heterocycles. The summed E-state index contributed by atoms with van der Waals surface area (Å²) in [6.45, 7) is 1.40. The van der Waals surface area contributed by atoms with Crippen LogP contribution in [0.1, 0.15) is 16.3 Å². The Kier molecular flexibility index (Phi) is 2.63. The quantitative estimate of drug-likeness (QED) is 0.707. The predicted octanol–water partition coefficient (Wildman–Crippen LogP) is 0.0220. The number of sulfonamides is 1. The van der Waals surface area contributed by atoms with Gasteiger partial charge in [0.15, 0.2) is 0 Å². The first kappa shape index (κ1) is 10.7. The van der Waals surface area contributed by atoms with Crippen LogP contribution in [0.4, 0.5) is 0 Å². The largest absolute Gasteiger partial charge is 0.463 e. The molecule has 0 atom stereocenters. The van der Waals surface area contributed by atoms with Crippen molar-refractivity contribution < 1.29 is 22.4 Å². The van der Waals surface area contributed by atoms with E-state index in [0.717, 1.165) is 13.2 Å². The molecule has 0 fully saturated rings. The van der Waals surface area contributed by atoms with Crippen LogP contribution in [0.2, 0.25) is 0 Å². The van der Waals surface area contributed by atoms with Crippen LogP contribution >= 0.6 is 0 Å². The summed E-state index contributed by atoms with van der Waals surface area (Å²) in [6.07, 6.45) is 0. The van der Waals surface area contributed by atoms with Gasteiger partial charge < -0.3 is 9.15 Å². The van der Waals surface area contributed by atoms with Gasteiger partial charge in [-0.3, -0.25) is 0 Å². The maximum Gasteiger partial charge on any atom is 0.373 e. The molecule has 1 aromatic rings. The van der Waals surface area contributed by atoms with Crippen LogP contribution in [0.25, 0.3) is 0 Å². The lowest BCUT2D eigenvalue weighted by molar-refractivity contribution is 0.0563. The van der Waals surface area contributed by atoms with Crippen molar-refractivity contribution in [1.29, 1.82) is 0 Å². The molecule has 0 aromatic carbocycles. The Labute approximate surface area is 80.7 Å². The second kappa shape index (κ2) is 3.43. The average Bonchev–Trinajstić information content (AvgIpc) is 2.45. The van der Waals surface area contributed by atoms with E-state index in [0.29, 0.717) is 0 Å². The number of nitrogens with two attached hydrogens (primary N) is 1. The first-order valence-corrected chi connectivity index (χ1v) is 5.12. The highest BCUT2D eigenvalue weighted by molar-refractivity contribution is 7.89. The van der Waals surface area contributed by atoms with Crippen molar-refractivity contribution in [3.8, 4) is 0 Å². The maximum atomic E-state index is 11.0. The van der Waals surface area contributed by atoms with Crippen LogP contribution in [-0.2, 0) is 14.8 Å². The van der Waals surface area contributed by atoms with Crippen molar-refractivity contribution in [2.45, 2.75) is 11.8 Å². The van der Waals surface area contributed by atoms with Gasteiger partial charge in [0, 0.05) is 6.07 Å². The highest BCUT2D eigenvalue weighted by atomic mass is 32.2. The van der Waals surface area contributed by atoms with E-state index in [9.17, 15) is 13.2 Å². The lowest BCUT2D eigenvalue weighted by Crippen LogP contribution is -2.12. The van der Waals surface area contributed by atoms with E-state index < -0.39 is 16.0 Å². The van der Waals surface area contributed by atoms with Crippen molar-refractivity contribution in [2.75, 3.05) is 7.11 Å². The molecular weight excluding hydrogens is 210 g/mol. The van der Waals surface area contributed by atoms with Gasteiger partial charge in [0.1, 0.15) is 10.7 Å². The Morgan fingerprint density at radius 3 is 2.50 bits per heavy atom. The summed E-state index contributed by atoms with van der Waals surface area (Å²) in [5.41, 5.74) is 0. The van der Waals surface area contributed by atoms with Crippen LogP contribution in [0.3, 0.4) is 0 Å². The SMILES string of the molecule is COC(=O)c1cc(S(N)(=O)=O)c(C)o1. The average molecular weight is 219 g/mol. The number of primary sulfonamides is 1. The predicted molar refractivity (Wildman–Crippen MR) is 46.2 cm³/mol. The van der Waals surface area contributed by atoms with Crippen LogP contribution < -0.4 is 5.14 Å². The van der Waals surface area contributed by atoms with Crippen molar-refractivity contribution >= 4 is 16.0 Å². The number of hydrogen-bond acceptors (Lipinski definition) is 5. The fourth-order valence-corrected chi connectivity index (χ4v) is 1.66. The first-order valence-electron chi connectivity index (χ1n) is 3.58. The molecular formula is C7H9NO5S. The second-order valence-electron chi connectivity index (χ2n) is 2.57. The standard InChI is InChI=1S/C7H9NO5S/c1-4-6(14(8,10)11)3-5(13-4)7(9)12-2/h3H,1-2H3,(H2,8,10,11). The molecule has 0 saturated carbocycles. The molecule has 78 valence electrons. The fourth-order valence-electron chi connectivity index (χ4n) is 0.949. The van der Waals surface area contributed by atoms with Crippen LogP contribution in [0, 0.1) is 6.92 Å². The molecule has 0 aliphatic rings. The number of rotatable bonds is 2. The van der Waals surface area contributed by atoms with Gasteiger partial charge in [-0.25, -0.2) is 18.4 Å². The molecule has 1 rings (SSSR count). The summed E-state index contributed by atoms with van der Waals surface area (Å²) in [6, 6.07) is 1.04. The maximum absolute atomic E-state index is 11.0. The van der Waals surface area contributed by atoms with Gasteiger partial charge in [0.05, 0.1) is 7.11 Å². The number of esters is 1. The van der Waals surface area contributed by atoms with Gasteiger partial charge in [-0.1, -0.05) is 0 Å². The van der Waals surface area contributed by atoms with E-state index >= 15 is 0 Å². The van der Waals surface area contributed by atoms with Crippen LogP contribution in [0.15, 0.2) is 15.4 Å². The number of methoxy groups -OCH3 is 1. The first-order chi connectivity index (χ1) is 6.36. The van der Waals surface area contributed by atoms with E-state index in [2.05, 4.69) is 4.74 Å². The summed E-state index contributed by atoms with van der Waals surface area (Å²) < 4.78 is 31.1. The Morgan fingerprint density at radius 2 is 2.14 bits per heavy atom. The summed E-state index contributed by atoms with van der Waals surface area (Å²) >= 11 is 0. The number of furan rings is 1. The minimum Gasteiger partial charge on any atom is -0.463 e. The zero-order chi connectivity index (χ0) is 10.9. The molecule has 7 heteroatoms. The summed E-state index contributed by atoms with van der Waals surface area (Å²) in [7, 11) is -2.69. The molecule has 0 spiro atoms. The zero-order valence-electron chi connectivity index (χ0n) is 7.60. The minimum absolute atomic E-state index is 0.0629. The molecule has 1 aromatic heterocycles. The van der Waals surface area contributed by atoms with Gasteiger partial charge in [-0.15, -0.1) is 0 Å². The summed E-state index contributed by atoms with van der Waals surface area (Å²) in [4.78, 5) is 10.7. The van der Waals surface area contributed by atoms with Gasteiger partial charge >= 0.3 is 5.97 Å². The van der Waals surface area contributed by atoms with Gasteiger partial charge in [0.25, 0.3) is 0 Å². The van der Waals surface area contributed by atoms with Gasteiger partial charge in [-0.05, 0) is 6.92 Å². The lowest BCUT2D eigenvalue weighted by atomic mass is 10.4. The van der Waals surface area contributed by atoms with E-state index in [1.807, 2.05) is 0 Å². The van der Waals surface area contributed by atoms with Crippen molar-refractivity contribution in [1.82, 2.24) is 0 Å². The topological polar surface area (TPSA) is 99.6 Å². The summed E-state index contributed by atoms with van der Waals surface area (Å²) in [5, 5.41) is 4.87. The molecule has 0 amide bonds. The van der Waals surface area contributed by atoms with E-state index in [1.165, 1.54) is 6.92 Å². The van der Waals surface area contributed by atoms with Crippen LogP contribution in [-0.4, -0.2) is 21.5 Å². The van der Waals surface area contributed by atoms with Gasteiger partial charge in [0.2, 0.25) is 15.8 Å². The highest BCUT2D eigenvalue weighted by Crippen LogP contribution is 2.18. The molecule has 2 N–H and O–H groups in total. The number of aryl methyl sites for hydroxylation is 1. The number of carbonyl (C=O) groups excluding carboxylic acids is 1. The number of carbonyl (C=O) groups is 1. The third-order valence-corrected chi connectivity index (χ3v) is 2.58. The molecule has 0 aliphatic carbocycles. The zero-order valence-corrected chi connectivity index (χ0v) is 8.42. The van der Waals surface area contributed by atoms with E-state index in [4.69, 9.17) is 9.56 Å². The smallest absolute Gasteiger partial charge is 0.373 e. The van der Waals surface area contributed by atoms with E-state index in [-0.39, 0.29) is 16.4 Å². The normalized spacial score (nSPS) is 11.4. The Hall–Kier alpha value is -1.34. The third-order valence-electron chi connectivity index (χ3n) is 1.57. The third kappa shape index (κ3) is 1.94. The van der Waals surface area contributed by atoms with Crippen molar-refractivity contribution in [3.63, 3.8) is 0 Å². The number of hydrogen-bond donors (Lipinski definition) is 1. The Bertz CT molecular complexity index is 458. The van der Waals surface area contributed by atoms with E-state index in [1.54, 1.807) is 0 Å². The van der Waals surface area contributed by atoms with Crippen LogP contribution in [0.5, 0.6) is 0 Å². The molecule has 0 radical (unpaired) electrons. The Balaban J connectivity index is 3.25. The van der Waals surface area contributed by atoms with Crippen molar-refractivity contribution in [2.24, 2.45) is 5.14 Å². The lowest BCUT2D eigenvalue weighted by Gasteiger charge is -1.91. The monoisotopic (exact) mass is 219 g/mol. The number of ether oxygens (including phenoxy) is 1. The van der Waals surface area contributed by atoms with Crippen molar-refractivity contribution in [3.05, 3.63) is 17.6 Å². The molecule has 14 heavy (non-hydrogen) atoms. The highest BCUT2D eigenvalue weighted by Gasteiger charge is 2.21. The second-order valence-corrected chi connectivity index (χ2v) is 4.10. The Morgan fingerprint density at radius 1 is 1.57 bits per heavy atom. The molecule has 0 unspecified atom stereocenters. The van der Waals surface area contributed by atoms with Gasteiger partial charge in [-0.2, -0.15) is 0 Å². The minimum atomic E-state index is -3.86. The molecule has 0 bridgehead atoms. The fraction of sp³-hybridized carbons (Fsp3) is 0.286.